The number of hydrogen-bond acceptors (Lipinski definition) is 4. The highest BCUT2D eigenvalue weighted by Gasteiger charge is 1.91. The number of nitrogens with two attached hydrogens (primary N) is 1. The van der Waals surface area contributed by atoms with E-state index in [4.69, 9.17) is 5.73 Å². The lowest BCUT2D eigenvalue weighted by Crippen LogP contribution is -2.30. The molecule has 0 spiro atoms. The van der Waals surface area contributed by atoms with Gasteiger partial charge in [-0.05, 0) is 44.6 Å². The Morgan fingerprint density at radius 2 is 1.37 bits per heavy atom. The maximum atomic E-state index is 5.42. The molecular formula is C15H28N4. The first-order valence-corrected chi connectivity index (χ1v) is 7.29. The van der Waals surface area contributed by atoms with Crippen LogP contribution in [0.2, 0.25) is 0 Å². The average molecular weight is 264 g/mol. The largest absolute Gasteiger partial charge is 0.330 e. The second-order valence-corrected chi connectivity index (χ2v) is 4.66. The normalized spacial score (nSPS) is 10.8. The molecule has 108 valence electrons. The fourth-order valence-electron chi connectivity index (χ4n) is 1.82. The predicted octanol–water partition coefficient (Wildman–Crippen LogP) is 0.694. The van der Waals surface area contributed by atoms with E-state index >= 15 is 0 Å². The van der Waals surface area contributed by atoms with Crippen molar-refractivity contribution in [3.8, 4) is 0 Å². The highest BCUT2D eigenvalue weighted by molar-refractivity contribution is 5.14. The second-order valence-electron chi connectivity index (χ2n) is 4.66. The third kappa shape index (κ3) is 9.62. The lowest BCUT2D eigenvalue weighted by molar-refractivity contribution is 0.568. The molecule has 1 rings (SSSR count). The van der Waals surface area contributed by atoms with E-state index in [1.807, 2.05) is 0 Å². The van der Waals surface area contributed by atoms with Crippen LogP contribution in [0.4, 0.5) is 0 Å². The summed E-state index contributed by atoms with van der Waals surface area (Å²) in [5, 5.41) is 10.2. The molecule has 0 radical (unpaired) electrons. The molecule has 0 unspecified atom stereocenters. The van der Waals surface area contributed by atoms with Gasteiger partial charge in [0.05, 0.1) is 0 Å². The first-order valence-electron chi connectivity index (χ1n) is 7.29. The molecule has 0 fully saturated rings. The van der Waals surface area contributed by atoms with Crippen molar-refractivity contribution < 1.29 is 0 Å². The molecule has 4 nitrogen and oxygen atoms in total. The minimum atomic E-state index is 0.771. The lowest BCUT2D eigenvalue weighted by atomic mass is 10.2. The zero-order valence-electron chi connectivity index (χ0n) is 11.8. The molecule has 0 heterocycles. The molecule has 0 saturated carbocycles. The highest BCUT2D eigenvalue weighted by atomic mass is 14.9. The van der Waals surface area contributed by atoms with Gasteiger partial charge < -0.3 is 21.7 Å². The Balaban J connectivity index is 1.79. The Morgan fingerprint density at radius 1 is 0.737 bits per heavy atom. The van der Waals surface area contributed by atoms with Gasteiger partial charge >= 0.3 is 0 Å². The van der Waals surface area contributed by atoms with E-state index in [2.05, 4.69) is 46.3 Å². The summed E-state index contributed by atoms with van der Waals surface area (Å²) in [5.41, 5.74) is 6.76. The van der Waals surface area contributed by atoms with E-state index < -0.39 is 0 Å². The zero-order chi connectivity index (χ0) is 13.6. The molecule has 0 amide bonds. The first kappa shape index (κ1) is 16.1. The minimum Gasteiger partial charge on any atom is -0.330 e. The van der Waals surface area contributed by atoms with Gasteiger partial charge in [-0.25, -0.2) is 0 Å². The molecule has 4 heteroatoms. The highest BCUT2D eigenvalue weighted by Crippen LogP contribution is 1.96. The quantitative estimate of drug-likeness (QED) is 0.420. The van der Waals surface area contributed by atoms with Crippen LogP contribution in [-0.4, -0.2) is 39.3 Å². The smallest absolute Gasteiger partial charge is 0.0205 e. The van der Waals surface area contributed by atoms with E-state index in [0.717, 1.165) is 58.7 Å². The fraction of sp³-hybridized carbons (Fsp3) is 0.600. The van der Waals surface area contributed by atoms with Gasteiger partial charge in [0.15, 0.2) is 0 Å². The van der Waals surface area contributed by atoms with E-state index in [0.29, 0.717) is 0 Å². The Labute approximate surface area is 117 Å². The van der Waals surface area contributed by atoms with Gasteiger partial charge in [-0.2, -0.15) is 0 Å². The molecule has 0 atom stereocenters. The van der Waals surface area contributed by atoms with Crippen LogP contribution in [0.25, 0.3) is 0 Å². The zero-order valence-corrected chi connectivity index (χ0v) is 11.8. The van der Waals surface area contributed by atoms with Crippen molar-refractivity contribution in [2.24, 2.45) is 5.73 Å². The third-order valence-corrected chi connectivity index (χ3v) is 2.92. The lowest BCUT2D eigenvalue weighted by Gasteiger charge is -2.07. The topological polar surface area (TPSA) is 62.1 Å². The van der Waals surface area contributed by atoms with Crippen molar-refractivity contribution in [2.45, 2.75) is 19.4 Å². The van der Waals surface area contributed by atoms with Crippen molar-refractivity contribution in [1.82, 2.24) is 16.0 Å². The summed E-state index contributed by atoms with van der Waals surface area (Å²) in [7, 11) is 0. The monoisotopic (exact) mass is 264 g/mol. The molecular weight excluding hydrogens is 236 g/mol. The van der Waals surface area contributed by atoms with Crippen LogP contribution >= 0.6 is 0 Å². The molecule has 1 aromatic rings. The van der Waals surface area contributed by atoms with E-state index in [-0.39, 0.29) is 0 Å². The molecule has 0 saturated heterocycles. The number of rotatable bonds is 12. The van der Waals surface area contributed by atoms with Gasteiger partial charge in [0, 0.05) is 19.6 Å². The molecule has 0 aliphatic carbocycles. The number of hydrogen-bond donors (Lipinski definition) is 4. The van der Waals surface area contributed by atoms with Gasteiger partial charge in [0.25, 0.3) is 0 Å². The molecule has 0 bridgehead atoms. The van der Waals surface area contributed by atoms with Crippen LogP contribution in [0.3, 0.4) is 0 Å². The predicted molar refractivity (Wildman–Crippen MR) is 82.2 cm³/mol. The van der Waals surface area contributed by atoms with Gasteiger partial charge in [-0.15, -0.1) is 0 Å². The maximum Gasteiger partial charge on any atom is 0.0205 e. The van der Waals surface area contributed by atoms with E-state index in [9.17, 15) is 0 Å². The summed E-state index contributed by atoms with van der Waals surface area (Å²) in [6, 6.07) is 10.5. The van der Waals surface area contributed by atoms with Gasteiger partial charge in [-0.3, -0.25) is 0 Å². The first-order chi connectivity index (χ1) is 9.43. The summed E-state index contributed by atoms with van der Waals surface area (Å²) in [6.07, 6.45) is 2.22. The molecule has 0 aliphatic rings. The Hall–Kier alpha value is -0.940. The second kappa shape index (κ2) is 12.1. The number of benzene rings is 1. The van der Waals surface area contributed by atoms with E-state index in [1.54, 1.807) is 0 Å². The standard InChI is InChI=1S/C15H28N4/c16-8-4-9-17-12-13-18-10-5-11-19-14-15-6-2-1-3-7-15/h1-3,6-7,17-19H,4-5,8-14,16H2. The van der Waals surface area contributed by atoms with Gasteiger partial charge in [0.1, 0.15) is 0 Å². The van der Waals surface area contributed by atoms with Crippen LogP contribution in [0, 0.1) is 0 Å². The SMILES string of the molecule is NCCCNCCNCCCNCc1ccccc1. The average Bonchev–Trinajstić information content (AvgIpc) is 2.46. The van der Waals surface area contributed by atoms with Crippen LogP contribution in [-0.2, 0) is 6.54 Å². The summed E-state index contributed by atoms with van der Waals surface area (Å²) < 4.78 is 0. The number of nitrogens with one attached hydrogen (secondary N) is 3. The van der Waals surface area contributed by atoms with Crippen molar-refractivity contribution in [3.05, 3.63) is 35.9 Å². The van der Waals surface area contributed by atoms with Crippen molar-refractivity contribution in [3.63, 3.8) is 0 Å². The van der Waals surface area contributed by atoms with E-state index in [1.165, 1.54) is 5.56 Å². The Bertz CT molecular complexity index is 289. The van der Waals surface area contributed by atoms with Crippen molar-refractivity contribution in [2.75, 3.05) is 39.3 Å². The Kier molecular flexibility index (Phi) is 10.3. The summed E-state index contributed by atoms with van der Waals surface area (Å²) >= 11 is 0. The maximum absolute atomic E-state index is 5.42. The van der Waals surface area contributed by atoms with Gasteiger partial charge in [-0.1, -0.05) is 30.3 Å². The molecule has 0 aliphatic heterocycles. The van der Waals surface area contributed by atoms with Crippen molar-refractivity contribution in [1.29, 1.82) is 0 Å². The fourth-order valence-corrected chi connectivity index (χ4v) is 1.82. The molecule has 5 N–H and O–H groups in total. The van der Waals surface area contributed by atoms with Crippen LogP contribution in [0.5, 0.6) is 0 Å². The van der Waals surface area contributed by atoms with Gasteiger partial charge in [0.2, 0.25) is 0 Å². The van der Waals surface area contributed by atoms with Crippen molar-refractivity contribution >= 4 is 0 Å². The summed E-state index contributed by atoms with van der Waals surface area (Å²) in [4.78, 5) is 0. The minimum absolute atomic E-state index is 0.771. The molecule has 19 heavy (non-hydrogen) atoms. The van der Waals surface area contributed by atoms with Crippen LogP contribution < -0.4 is 21.7 Å². The Morgan fingerprint density at radius 3 is 2.05 bits per heavy atom. The third-order valence-electron chi connectivity index (χ3n) is 2.92. The summed E-state index contributed by atoms with van der Waals surface area (Å²) in [6.45, 7) is 6.94. The van der Waals surface area contributed by atoms with Crippen LogP contribution in [0.15, 0.2) is 30.3 Å². The molecule has 1 aromatic carbocycles. The summed E-state index contributed by atoms with van der Waals surface area (Å²) in [5.74, 6) is 0. The van der Waals surface area contributed by atoms with Crippen LogP contribution in [0.1, 0.15) is 18.4 Å². The molecule has 0 aromatic heterocycles.